The number of alkyl halides is 3. The minimum Gasteiger partial charge on any atom is -0.383 e. The quantitative estimate of drug-likeness (QED) is 0.420. The van der Waals surface area contributed by atoms with Crippen LogP contribution in [0.5, 0.6) is 0 Å². The van der Waals surface area contributed by atoms with Crippen LogP contribution in [0.15, 0.2) is 55.1 Å². The molecule has 0 aliphatic heterocycles. The van der Waals surface area contributed by atoms with Crippen LogP contribution in [0.2, 0.25) is 0 Å². The molecule has 1 amide bonds. The summed E-state index contributed by atoms with van der Waals surface area (Å²) in [4.78, 5) is 36.8. The van der Waals surface area contributed by atoms with Crippen molar-refractivity contribution >= 4 is 22.8 Å². The second kappa shape index (κ2) is 9.14. The van der Waals surface area contributed by atoms with Crippen LogP contribution in [-0.4, -0.2) is 35.7 Å². The van der Waals surface area contributed by atoms with Gasteiger partial charge < -0.3 is 10.6 Å². The van der Waals surface area contributed by atoms with Crippen molar-refractivity contribution in [3.05, 3.63) is 83.3 Å². The maximum atomic E-state index is 13.9. The van der Waals surface area contributed by atoms with Gasteiger partial charge in [0.15, 0.2) is 11.5 Å². The first-order valence-corrected chi connectivity index (χ1v) is 11.3. The van der Waals surface area contributed by atoms with E-state index in [1.807, 2.05) is 13.0 Å². The molecule has 4 aromatic rings. The Morgan fingerprint density at radius 1 is 1.11 bits per heavy atom. The highest BCUT2D eigenvalue weighted by Gasteiger charge is 2.41. The normalized spacial score (nSPS) is 14.6. The van der Waals surface area contributed by atoms with Gasteiger partial charge in [0.1, 0.15) is 5.82 Å². The van der Waals surface area contributed by atoms with E-state index in [4.69, 9.17) is 5.73 Å². The molecule has 4 heterocycles. The van der Waals surface area contributed by atoms with E-state index in [2.05, 4.69) is 24.9 Å². The van der Waals surface area contributed by atoms with Gasteiger partial charge in [0.25, 0.3) is 5.91 Å². The average Bonchev–Trinajstić information content (AvgIpc) is 3.69. The van der Waals surface area contributed by atoms with Crippen molar-refractivity contribution in [1.82, 2.24) is 29.8 Å². The number of aryl methyl sites for hydroxylation is 1. The van der Waals surface area contributed by atoms with Crippen molar-refractivity contribution in [3.63, 3.8) is 0 Å². The van der Waals surface area contributed by atoms with E-state index in [1.54, 1.807) is 29.4 Å². The van der Waals surface area contributed by atoms with Gasteiger partial charge in [0, 0.05) is 30.2 Å². The minimum atomic E-state index is -4.50. The molecule has 0 bridgehead atoms. The third-order valence-corrected chi connectivity index (χ3v) is 6.14. The van der Waals surface area contributed by atoms with E-state index < -0.39 is 17.8 Å². The molecule has 0 aromatic carbocycles. The first-order valence-electron chi connectivity index (χ1n) is 11.3. The maximum absolute atomic E-state index is 13.9. The van der Waals surface area contributed by atoms with Crippen molar-refractivity contribution in [3.8, 4) is 0 Å². The highest BCUT2D eigenvalue weighted by atomic mass is 19.4. The second-order valence-electron chi connectivity index (χ2n) is 8.82. The molecule has 4 aromatic heterocycles. The largest absolute Gasteiger partial charge is 0.417 e. The zero-order chi connectivity index (χ0) is 25.4. The van der Waals surface area contributed by atoms with Crippen LogP contribution < -0.4 is 5.73 Å². The molecule has 0 radical (unpaired) electrons. The van der Waals surface area contributed by atoms with Gasteiger partial charge in [-0.05, 0) is 61.6 Å². The Morgan fingerprint density at radius 3 is 2.50 bits per heavy atom. The van der Waals surface area contributed by atoms with Crippen LogP contribution in [0.3, 0.4) is 0 Å². The lowest BCUT2D eigenvalue weighted by atomic mass is 10.1. The lowest BCUT2D eigenvalue weighted by Crippen LogP contribution is -2.37. The summed E-state index contributed by atoms with van der Waals surface area (Å²) in [5, 5.41) is 0.652. The average molecular weight is 493 g/mol. The van der Waals surface area contributed by atoms with Gasteiger partial charge in [-0.3, -0.25) is 9.78 Å². The summed E-state index contributed by atoms with van der Waals surface area (Å²) in [5.74, 6) is 0.603. The van der Waals surface area contributed by atoms with E-state index >= 15 is 0 Å². The Bertz CT molecular complexity index is 1410. The summed E-state index contributed by atoms with van der Waals surface area (Å²) in [6.45, 7) is 1.79. The molecule has 2 N–H and O–H groups in total. The molecule has 1 atom stereocenters. The van der Waals surface area contributed by atoms with Gasteiger partial charge in [-0.2, -0.15) is 13.2 Å². The van der Waals surface area contributed by atoms with Crippen molar-refractivity contribution in [2.24, 2.45) is 5.92 Å². The number of hydrogen-bond donors (Lipinski definition) is 1. The van der Waals surface area contributed by atoms with E-state index in [0.717, 1.165) is 30.7 Å². The number of nitrogen functional groups attached to an aromatic ring is 1. The van der Waals surface area contributed by atoms with Crippen LogP contribution in [0, 0.1) is 12.8 Å². The van der Waals surface area contributed by atoms with E-state index in [-0.39, 0.29) is 18.4 Å². The predicted molar refractivity (Wildman–Crippen MR) is 125 cm³/mol. The molecule has 1 aliphatic carbocycles. The first kappa shape index (κ1) is 23.6. The number of carbonyl (C=O) groups is 1. The topological polar surface area (TPSA) is 111 Å². The molecule has 5 rings (SSSR count). The summed E-state index contributed by atoms with van der Waals surface area (Å²) in [7, 11) is 0. The number of rotatable bonds is 6. The van der Waals surface area contributed by atoms with E-state index in [0.29, 0.717) is 33.9 Å². The van der Waals surface area contributed by atoms with Gasteiger partial charge in [0.2, 0.25) is 0 Å². The fourth-order valence-corrected chi connectivity index (χ4v) is 4.10. The number of halogens is 3. The molecule has 1 aliphatic rings. The Hall–Kier alpha value is -4.15. The van der Waals surface area contributed by atoms with Crippen molar-refractivity contribution < 1.29 is 18.0 Å². The highest BCUT2D eigenvalue weighted by molar-refractivity contribution is 5.97. The van der Waals surface area contributed by atoms with Crippen LogP contribution >= 0.6 is 0 Å². The monoisotopic (exact) mass is 493 g/mol. The molecule has 36 heavy (non-hydrogen) atoms. The number of hydrogen-bond acceptors (Lipinski definition) is 7. The Morgan fingerprint density at radius 2 is 1.86 bits per heavy atom. The van der Waals surface area contributed by atoms with Crippen molar-refractivity contribution in [2.75, 3.05) is 5.73 Å². The molecule has 184 valence electrons. The highest BCUT2D eigenvalue weighted by Crippen LogP contribution is 2.44. The van der Waals surface area contributed by atoms with Gasteiger partial charge in [-0.25, -0.2) is 19.9 Å². The van der Waals surface area contributed by atoms with Gasteiger partial charge in [-0.1, -0.05) is 0 Å². The Labute approximate surface area is 204 Å². The molecule has 11 heteroatoms. The van der Waals surface area contributed by atoms with Crippen LogP contribution in [0.25, 0.3) is 11.0 Å². The number of pyridine rings is 3. The number of amides is 1. The molecule has 0 saturated heterocycles. The minimum absolute atomic E-state index is 0.0204. The lowest BCUT2D eigenvalue weighted by molar-refractivity contribution is -0.137. The Balaban J connectivity index is 1.55. The van der Waals surface area contributed by atoms with Crippen LogP contribution in [0.1, 0.15) is 51.9 Å². The molecular formula is C25H22F3N7O. The third kappa shape index (κ3) is 4.81. The Kier molecular flexibility index (Phi) is 5.99. The second-order valence-corrected chi connectivity index (χ2v) is 8.82. The summed E-state index contributed by atoms with van der Waals surface area (Å²) in [6.07, 6.45) is 2.67. The summed E-state index contributed by atoms with van der Waals surface area (Å²) >= 11 is 0. The zero-order valence-electron chi connectivity index (χ0n) is 19.3. The fraction of sp³-hybridized carbons (Fsp3) is 0.280. The van der Waals surface area contributed by atoms with E-state index in [9.17, 15) is 18.0 Å². The third-order valence-electron chi connectivity index (χ3n) is 6.14. The standard InChI is InChI=1S/C25H22F3N7O/c1-14-9-16-10-17(11-33-22(16)34-21(14)29)24(36)35(13-19-6-5-18(12-32-19)25(26,27)28)20(15-3-4-15)23-30-7-2-8-31-23/h2,5-12,15,20H,3-4,13H2,1H3,(H2,29,33,34). The van der Waals surface area contributed by atoms with E-state index in [1.165, 1.54) is 12.3 Å². The molecule has 0 spiro atoms. The SMILES string of the molecule is Cc1cc2cc(C(=O)N(Cc3ccc(C(F)(F)F)cn3)C(c3ncccn3)C3CC3)cnc2nc1N. The number of nitrogens with zero attached hydrogens (tertiary/aromatic N) is 6. The number of aromatic nitrogens is 5. The molecule has 1 saturated carbocycles. The number of nitrogens with two attached hydrogens (primary N) is 1. The summed E-state index contributed by atoms with van der Waals surface area (Å²) in [6, 6.07) is 6.96. The molecule has 8 nitrogen and oxygen atoms in total. The maximum Gasteiger partial charge on any atom is 0.417 e. The fourth-order valence-electron chi connectivity index (χ4n) is 4.10. The van der Waals surface area contributed by atoms with Gasteiger partial charge in [-0.15, -0.1) is 0 Å². The van der Waals surface area contributed by atoms with Gasteiger partial charge in [0.05, 0.1) is 29.4 Å². The van der Waals surface area contributed by atoms with Crippen molar-refractivity contribution in [2.45, 2.75) is 38.5 Å². The zero-order valence-corrected chi connectivity index (χ0v) is 19.3. The predicted octanol–water partition coefficient (Wildman–Crippen LogP) is 4.52. The summed E-state index contributed by atoms with van der Waals surface area (Å²) < 4.78 is 39.1. The van der Waals surface area contributed by atoms with Crippen LogP contribution in [-0.2, 0) is 12.7 Å². The van der Waals surface area contributed by atoms with Crippen LogP contribution in [0.4, 0.5) is 19.0 Å². The van der Waals surface area contributed by atoms with Gasteiger partial charge >= 0.3 is 6.18 Å². The summed E-state index contributed by atoms with van der Waals surface area (Å²) in [5.41, 5.74) is 6.82. The molecule has 1 fully saturated rings. The number of fused-ring (bicyclic) bond motifs is 1. The van der Waals surface area contributed by atoms with Crippen molar-refractivity contribution in [1.29, 1.82) is 0 Å². The first-order chi connectivity index (χ1) is 17.2. The lowest BCUT2D eigenvalue weighted by Gasteiger charge is -2.31. The molecular weight excluding hydrogens is 471 g/mol. The number of anilines is 1. The molecule has 1 unspecified atom stereocenters. The number of carbonyl (C=O) groups excluding carboxylic acids is 1. The smallest absolute Gasteiger partial charge is 0.383 e.